The number of rotatable bonds is 6. The van der Waals surface area contributed by atoms with Crippen LogP contribution in [0.15, 0.2) is 21.5 Å². The molecule has 1 rings (SSSR count). The number of nitrogens with two attached hydrogens (primary N) is 1. The number of halogens is 2. The molecule has 0 saturated heterocycles. The van der Waals surface area contributed by atoms with E-state index in [2.05, 4.69) is 15.9 Å². The molecular formula is C12H18BrFN2O2S. The first kappa shape index (κ1) is 16.4. The predicted molar refractivity (Wildman–Crippen MR) is 77.9 cm³/mol. The summed E-state index contributed by atoms with van der Waals surface area (Å²) < 4.78 is 39.8. The minimum atomic E-state index is -3.68. The fraction of sp³-hybridized carbons (Fsp3) is 0.500. The van der Waals surface area contributed by atoms with Gasteiger partial charge in [0.1, 0.15) is 10.7 Å². The highest BCUT2D eigenvalue weighted by molar-refractivity contribution is 9.10. The summed E-state index contributed by atoms with van der Waals surface area (Å²) in [4.78, 5) is -0.0531. The van der Waals surface area contributed by atoms with Crippen LogP contribution in [0.5, 0.6) is 0 Å². The number of sulfonamides is 1. The zero-order valence-electron chi connectivity index (χ0n) is 11.0. The van der Waals surface area contributed by atoms with Gasteiger partial charge in [-0.1, -0.05) is 13.8 Å². The Morgan fingerprint density at radius 3 is 2.26 bits per heavy atom. The second-order valence-corrected chi connectivity index (χ2v) is 6.97. The lowest BCUT2D eigenvalue weighted by atomic mass is 10.3. The third kappa shape index (κ3) is 3.67. The molecule has 0 radical (unpaired) electrons. The van der Waals surface area contributed by atoms with Crippen molar-refractivity contribution in [1.82, 2.24) is 4.31 Å². The number of hydrogen-bond donors (Lipinski definition) is 1. The van der Waals surface area contributed by atoms with Crippen LogP contribution in [0.1, 0.15) is 26.7 Å². The van der Waals surface area contributed by atoms with E-state index in [-0.39, 0.29) is 15.1 Å². The number of hydrogen-bond acceptors (Lipinski definition) is 3. The summed E-state index contributed by atoms with van der Waals surface area (Å²) >= 11 is 2.99. The Labute approximate surface area is 122 Å². The molecule has 19 heavy (non-hydrogen) atoms. The van der Waals surface area contributed by atoms with Gasteiger partial charge in [0.15, 0.2) is 0 Å². The molecule has 0 fully saturated rings. The van der Waals surface area contributed by atoms with Crippen LogP contribution in [0.4, 0.5) is 10.1 Å². The minimum Gasteiger partial charge on any atom is -0.398 e. The van der Waals surface area contributed by atoms with Gasteiger partial charge in [-0.25, -0.2) is 12.8 Å². The maximum absolute atomic E-state index is 13.3. The van der Waals surface area contributed by atoms with Crippen molar-refractivity contribution in [3.63, 3.8) is 0 Å². The van der Waals surface area contributed by atoms with E-state index < -0.39 is 15.8 Å². The van der Waals surface area contributed by atoms with Gasteiger partial charge in [0.05, 0.1) is 10.2 Å². The SMILES string of the molecule is CCCN(CCC)S(=O)(=O)c1cc(Br)c(F)cc1N. The van der Waals surface area contributed by atoms with Gasteiger partial charge in [-0.15, -0.1) is 0 Å². The van der Waals surface area contributed by atoms with Crippen LogP contribution in [0.25, 0.3) is 0 Å². The van der Waals surface area contributed by atoms with Crippen molar-refractivity contribution in [2.45, 2.75) is 31.6 Å². The molecule has 1 aromatic rings. The van der Waals surface area contributed by atoms with Crippen LogP contribution >= 0.6 is 15.9 Å². The lowest BCUT2D eigenvalue weighted by molar-refractivity contribution is 0.410. The van der Waals surface area contributed by atoms with Crippen molar-refractivity contribution in [3.05, 3.63) is 22.4 Å². The standard InChI is InChI=1S/C12H18BrFN2O2S/c1-3-5-16(6-4-2)19(17,18)12-7-9(13)10(14)8-11(12)15/h7-8H,3-6,15H2,1-2H3. The molecule has 1 aromatic carbocycles. The van der Waals surface area contributed by atoms with Crippen LogP contribution in [-0.4, -0.2) is 25.8 Å². The third-order valence-corrected chi connectivity index (χ3v) is 5.18. The maximum atomic E-state index is 13.3. The summed E-state index contributed by atoms with van der Waals surface area (Å²) in [5.41, 5.74) is 5.57. The lowest BCUT2D eigenvalue weighted by Gasteiger charge is -2.22. The normalized spacial score (nSPS) is 12.1. The van der Waals surface area contributed by atoms with Crippen LogP contribution in [0.3, 0.4) is 0 Å². The molecule has 108 valence electrons. The van der Waals surface area contributed by atoms with E-state index in [0.717, 1.165) is 6.07 Å². The Morgan fingerprint density at radius 1 is 1.26 bits per heavy atom. The van der Waals surface area contributed by atoms with E-state index in [1.54, 1.807) is 0 Å². The van der Waals surface area contributed by atoms with Crippen LogP contribution in [0.2, 0.25) is 0 Å². The van der Waals surface area contributed by atoms with E-state index >= 15 is 0 Å². The van der Waals surface area contributed by atoms with Crippen molar-refractivity contribution < 1.29 is 12.8 Å². The number of nitrogens with zero attached hydrogens (tertiary/aromatic N) is 1. The topological polar surface area (TPSA) is 63.4 Å². The zero-order chi connectivity index (χ0) is 14.6. The predicted octanol–water partition coefficient (Wildman–Crippen LogP) is 2.98. The van der Waals surface area contributed by atoms with Gasteiger partial charge in [-0.2, -0.15) is 4.31 Å². The second kappa shape index (κ2) is 6.67. The molecule has 2 N–H and O–H groups in total. The fourth-order valence-electron chi connectivity index (χ4n) is 1.76. The maximum Gasteiger partial charge on any atom is 0.245 e. The molecule has 0 bridgehead atoms. The van der Waals surface area contributed by atoms with Crippen molar-refractivity contribution in [2.75, 3.05) is 18.8 Å². The van der Waals surface area contributed by atoms with Crippen molar-refractivity contribution in [2.24, 2.45) is 0 Å². The van der Waals surface area contributed by atoms with Gasteiger partial charge >= 0.3 is 0 Å². The Bertz CT molecular complexity index is 543. The molecule has 4 nitrogen and oxygen atoms in total. The summed E-state index contributed by atoms with van der Waals surface area (Å²) in [7, 11) is -3.68. The van der Waals surface area contributed by atoms with E-state index in [9.17, 15) is 12.8 Å². The van der Waals surface area contributed by atoms with Gasteiger partial charge in [0, 0.05) is 13.1 Å². The van der Waals surface area contributed by atoms with Crippen LogP contribution in [-0.2, 0) is 10.0 Å². The van der Waals surface area contributed by atoms with Crippen LogP contribution < -0.4 is 5.73 Å². The van der Waals surface area contributed by atoms with Gasteiger partial charge in [-0.05, 0) is 40.9 Å². The van der Waals surface area contributed by atoms with Gasteiger partial charge in [0.2, 0.25) is 10.0 Å². The quantitative estimate of drug-likeness (QED) is 0.800. The first-order valence-corrected chi connectivity index (χ1v) is 8.32. The highest BCUT2D eigenvalue weighted by atomic mass is 79.9. The number of benzene rings is 1. The lowest BCUT2D eigenvalue weighted by Crippen LogP contribution is -2.33. The molecule has 0 unspecified atom stereocenters. The highest BCUT2D eigenvalue weighted by Gasteiger charge is 2.26. The van der Waals surface area contributed by atoms with Gasteiger partial charge in [-0.3, -0.25) is 0 Å². The van der Waals surface area contributed by atoms with E-state index in [0.29, 0.717) is 25.9 Å². The molecule has 0 saturated carbocycles. The molecule has 0 atom stereocenters. The summed E-state index contributed by atoms with van der Waals surface area (Å²) in [6, 6.07) is 2.24. The van der Waals surface area contributed by atoms with Crippen molar-refractivity contribution in [3.8, 4) is 0 Å². The summed E-state index contributed by atoms with van der Waals surface area (Å²) in [5.74, 6) is -0.575. The largest absolute Gasteiger partial charge is 0.398 e. The third-order valence-electron chi connectivity index (χ3n) is 2.62. The molecule has 0 amide bonds. The Morgan fingerprint density at radius 2 is 1.79 bits per heavy atom. The number of anilines is 1. The zero-order valence-corrected chi connectivity index (χ0v) is 13.4. The molecule has 7 heteroatoms. The highest BCUT2D eigenvalue weighted by Crippen LogP contribution is 2.28. The van der Waals surface area contributed by atoms with E-state index in [1.807, 2.05) is 13.8 Å². The summed E-state index contributed by atoms with van der Waals surface area (Å²) in [6.07, 6.45) is 1.42. The number of nitrogen functional groups attached to an aromatic ring is 1. The van der Waals surface area contributed by atoms with E-state index in [4.69, 9.17) is 5.73 Å². The average molecular weight is 353 g/mol. The van der Waals surface area contributed by atoms with E-state index in [1.165, 1.54) is 10.4 Å². The summed E-state index contributed by atoms with van der Waals surface area (Å²) in [6.45, 7) is 4.65. The molecule has 0 aromatic heterocycles. The molecule has 0 aliphatic heterocycles. The van der Waals surface area contributed by atoms with Crippen molar-refractivity contribution >= 4 is 31.6 Å². The van der Waals surface area contributed by atoms with Gasteiger partial charge in [0.25, 0.3) is 0 Å². The molecule has 0 aliphatic rings. The monoisotopic (exact) mass is 352 g/mol. The Hall–Kier alpha value is -0.660. The van der Waals surface area contributed by atoms with Crippen molar-refractivity contribution in [1.29, 1.82) is 0 Å². The molecule has 0 heterocycles. The fourth-order valence-corrected chi connectivity index (χ4v) is 4.00. The Kier molecular flexibility index (Phi) is 5.76. The molecule has 0 aliphatic carbocycles. The Balaban J connectivity index is 3.28. The molecular weight excluding hydrogens is 335 g/mol. The smallest absolute Gasteiger partial charge is 0.245 e. The van der Waals surface area contributed by atoms with Crippen LogP contribution in [0, 0.1) is 5.82 Å². The van der Waals surface area contributed by atoms with Gasteiger partial charge < -0.3 is 5.73 Å². The first-order valence-electron chi connectivity index (χ1n) is 6.09. The second-order valence-electron chi connectivity index (χ2n) is 4.21. The minimum absolute atomic E-state index is 0.0531. The summed E-state index contributed by atoms with van der Waals surface area (Å²) in [5, 5.41) is 0. The first-order chi connectivity index (χ1) is 8.84. The molecule has 0 spiro atoms. The average Bonchev–Trinajstić information content (AvgIpc) is 2.33.